The Morgan fingerprint density at radius 2 is 1.89 bits per heavy atom. The summed E-state index contributed by atoms with van der Waals surface area (Å²) in [5, 5.41) is 5.77. The van der Waals surface area contributed by atoms with Gasteiger partial charge in [-0.3, -0.25) is 4.79 Å². The van der Waals surface area contributed by atoms with Crippen LogP contribution in [0.5, 0.6) is 0 Å². The molecule has 2 aliphatic rings. The minimum Gasteiger partial charge on any atom is -0.357 e. The van der Waals surface area contributed by atoms with Crippen molar-refractivity contribution in [3.05, 3.63) is 11.2 Å². The highest BCUT2D eigenvalue weighted by atomic mass is 35.5. The number of nitrogens with zero attached hydrogens (tertiary/aromatic N) is 3. The summed E-state index contributed by atoms with van der Waals surface area (Å²) in [5.41, 5.74) is 0. The average molecular weight is 420 g/mol. The Kier molecular flexibility index (Phi) is 6.52. The molecule has 0 spiro atoms. The smallest absolute Gasteiger partial charge is 0.357 e. The molecule has 1 saturated heterocycles. The molecule has 6 nitrogen and oxygen atoms in total. The van der Waals surface area contributed by atoms with E-state index in [9.17, 15) is 18.0 Å². The second kappa shape index (κ2) is 8.71. The molecule has 2 N–H and O–H groups in total. The molecule has 0 bridgehead atoms. The summed E-state index contributed by atoms with van der Waals surface area (Å²) in [6.45, 7) is -0.0563. The van der Waals surface area contributed by atoms with Crippen LogP contribution in [0.25, 0.3) is 0 Å². The highest BCUT2D eigenvalue weighted by Crippen LogP contribution is 2.37. The third-order valence-electron chi connectivity index (χ3n) is 5.48. The summed E-state index contributed by atoms with van der Waals surface area (Å²) in [5.74, 6) is -0.488. The maximum atomic E-state index is 13.6. The minimum absolute atomic E-state index is 0.0454. The van der Waals surface area contributed by atoms with Gasteiger partial charge in [0.25, 0.3) is 0 Å². The van der Waals surface area contributed by atoms with Crippen molar-refractivity contribution < 1.29 is 18.0 Å². The number of halogens is 4. The maximum absolute atomic E-state index is 13.6. The molecule has 2 heterocycles. The van der Waals surface area contributed by atoms with Crippen LogP contribution in [-0.2, 0) is 4.79 Å². The molecule has 3 rings (SSSR count). The Balaban J connectivity index is 1.79. The van der Waals surface area contributed by atoms with Crippen LogP contribution in [-0.4, -0.2) is 47.7 Å². The van der Waals surface area contributed by atoms with Crippen LogP contribution in [0.4, 0.5) is 24.9 Å². The third-order valence-corrected chi connectivity index (χ3v) is 5.67. The van der Waals surface area contributed by atoms with E-state index in [1.807, 2.05) is 0 Å². The molecule has 1 aromatic heterocycles. The van der Waals surface area contributed by atoms with Crippen molar-refractivity contribution in [1.82, 2.24) is 15.3 Å². The van der Waals surface area contributed by atoms with Gasteiger partial charge in [0.2, 0.25) is 11.9 Å². The second-order valence-corrected chi connectivity index (χ2v) is 7.84. The van der Waals surface area contributed by atoms with Crippen molar-refractivity contribution in [2.24, 2.45) is 5.92 Å². The number of alkyl halides is 3. The van der Waals surface area contributed by atoms with E-state index in [0.29, 0.717) is 0 Å². The van der Waals surface area contributed by atoms with Crippen molar-refractivity contribution in [2.45, 2.75) is 63.2 Å². The standard InChI is InChI=1S/C18H25ClF3N5O/c1-23-17-25-14(19)9-15(26-17)27-10-11(7-8-13(27)18(20,21)22)16(28)24-12-5-3-2-4-6-12/h9,11-13H,2-8,10H2,1H3,(H,24,28)(H,23,25,26)/t11-,13-/m0/s1. The van der Waals surface area contributed by atoms with E-state index in [4.69, 9.17) is 11.6 Å². The van der Waals surface area contributed by atoms with Crippen LogP contribution in [0, 0.1) is 5.92 Å². The van der Waals surface area contributed by atoms with Gasteiger partial charge in [-0.15, -0.1) is 0 Å². The third kappa shape index (κ3) is 4.98. The summed E-state index contributed by atoms with van der Waals surface area (Å²) >= 11 is 5.96. The lowest BCUT2D eigenvalue weighted by Crippen LogP contribution is -2.55. The van der Waals surface area contributed by atoms with Crippen LogP contribution >= 0.6 is 11.6 Å². The summed E-state index contributed by atoms with van der Waals surface area (Å²) in [6.07, 6.45) is 0.774. The van der Waals surface area contributed by atoms with Crippen LogP contribution in [0.2, 0.25) is 5.15 Å². The lowest BCUT2D eigenvalue weighted by Gasteiger charge is -2.41. The molecular formula is C18H25ClF3N5O. The van der Waals surface area contributed by atoms with E-state index in [1.165, 1.54) is 12.5 Å². The predicted octanol–water partition coefficient (Wildman–Crippen LogP) is 3.77. The fourth-order valence-electron chi connectivity index (χ4n) is 4.01. The number of anilines is 2. The molecule has 0 radical (unpaired) electrons. The molecule has 1 amide bonds. The minimum atomic E-state index is -4.43. The topological polar surface area (TPSA) is 70.2 Å². The zero-order valence-electron chi connectivity index (χ0n) is 15.7. The monoisotopic (exact) mass is 419 g/mol. The molecule has 156 valence electrons. The first-order chi connectivity index (χ1) is 13.3. The van der Waals surface area contributed by atoms with Gasteiger partial charge in [-0.1, -0.05) is 30.9 Å². The van der Waals surface area contributed by atoms with Gasteiger partial charge in [-0.05, 0) is 25.7 Å². The lowest BCUT2D eigenvalue weighted by molar-refractivity contribution is -0.156. The van der Waals surface area contributed by atoms with Crippen molar-refractivity contribution in [1.29, 1.82) is 0 Å². The van der Waals surface area contributed by atoms with Gasteiger partial charge in [-0.25, -0.2) is 4.98 Å². The van der Waals surface area contributed by atoms with Crippen LogP contribution in [0.1, 0.15) is 44.9 Å². The van der Waals surface area contributed by atoms with E-state index in [-0.39, 0.29) is 48.3 Å². The van der Waals surface area contributed by atoms with Crippen molar-refractivity contribution in [2.75, 3.05) is 23.8 Å². The number of hydrogen-bond donors (Lipinski definition) is 2. The normalized spacial score (nSPS) is 24.1. The molecule has 10 heteroatoms. The molecule has 2 atom stereocenters. The Morgan fingerprint density at radius 3 is 2.54 bits per heavy atom. The predicted molar refractivity (Wildman–Crippen MR) is 102 cm³/mol. The molecule has 1 saturated carbocycles. The van der Waals surface area contributed by atoms with Gasteiger partial charge in [-0.2, -0.15) is 18.2 Å². The van der Waals surface area contributed by atoms with Gasteiger partial charge in [0.05, 0.1) is 5.92 Å². The number of nitrogens with one attached hydrogen (secondary N) is 2. The Labute approximate surface area is 167 Å². The number of piperidine rings is 1. The molecule has 1 aromatic rings. The van der Waals surface area contributed by atoms with E-state index in [2.05, 4.69) is 20.6 Å². The molecule has 0 unspecified atom stereocenters. The molecular weight excluding hydrogens is 395 g/mol. The van der Waals surface area contributed by atoms with Gasteiger partial charge in [0.1, 0.15) is 17.0 Å². The largest absolute Gasteiger partial charge is 0.408 e. The Bertz CT molecular complexity index is 696. The van der Waals surface area contributed by atoms with Crippen LogP contribution in [0.3, 0.4) is 0 Å². The average Bonchev–Trinajstić information content (AvgIpc) is 2.67. The van der Waals surface area contributed by atoms with Crippen molar-refractivity contribution in [3.8, 4) is 0 Å². The van der Waals surface area contributed by atoms with E-state index >= 15 is 0 Å². The van der Waals surface area contributed by atoms with Gasteiger partial charge < -0.3 is 15.5 Å². The number of hydrogen-bond acceptors (Lipinski definition) is 5. The highest BCUT2D eigenvalue weighted by Gasteiger charge is 2.48. The zero-order valence-corrected chi connectivity index (χ0v) is 16.5. The Morgan fingerprint density at radius 1 is 1.18 bits per heavy atom. The number of carbonyl (C=O) groups excluding carboxylic acids is 1. The number of aromatic nitrogens is 2. The first-order valence-electron chi connectivity index (χ1n) is 9.64. The molecule has 0 aromatic carbocycles. The van der Waals surface area contributed by atoms with Crippen LogP contribution in [0.15, 0.2) is 6.07 Å². The summed E-state index contributed by atoms with van der Waals surface area (Å²) < 4.78 is 40.9. The first-order valence-corrected chi connectivity index (χ1v) is 10.0. The fourth-order valence-corrected chi connectivity index (χ4v) is 4.19. The molecule has 2 fully saturated rings. The summed E-state index contributed by atoms with van der Waals surface area (Å²) in [7, 11) is 1.56. The van der Waals surface area contributed by atoms with E-state index in [1.54, 1.807) is 7.05 Å². The highest BCUT2D eigenvalue weighted by molar-refractivity contribution is 6.29. The van der Waals surface area contributed by atoms with Gasteiger partial charge in [0.15, 0.2) is 0 Å². The van der Waals surface area contributed by atoms with Gasteiger partial charge >= 0.3 is 6.18 Å². The van der Waals surface area contributed by atoms with E-state index < -0.39 is 18.1 Å². The Hall–Kier alpha value is -1.77. The van der Waals surface area contributed by atoms with E-state index in [0.717, 1.165) is 30.6 Å². The summed E-state index contributed by atoms with van der Waals surface area (Å²) in [4.78, 5) is 21.9. The van der Waals surface area contributed by atoms with Crippen molar-refractivity contribution in [3.63, 3.8) is 0 Å². The van der Waals surface area contributed by atoms with Crippen LogP contribution < -0.4 is 15.5 Å². The molecule has 1 aliphatic heterocycles. The maximum Gasteiger partial charge on any atom is 0.408 e. The molecule has 28 heavy (non-hydrogen) atoms. The number of carbonyl (C=O) groups is 1. The van der Waals surface area contributed by atoms with Crippen molar-refractivity contribution >= 4 is 29.3 Å². The summed E-state index contributed by atoms with van der Waals surface area (Å²) in [6, 6.07) is -0.274. The fraction of sp³-hybridized carbons (Fsp3) is 0.722. The quantitative estimate of drug-likeness (QED) is 0.727. The first kappa shape index (κ1) is 21.0. The SMILES string of the molecule is CNc1nc(Cl)cc(N2C[C@@H](C(=O)NC3CCCCC3)CC[C@H]2C(F)(F)F)n1. The number of amides is 1. The lowest BCUT2D eigenvalue weighted by atomic mass is 9.90. The zero-order chi connectivity index (χ0) is 20.3. The van der Waals surface area contributed by atoms with Gasteiger partial charge in [0, 0.05) is 25.7 Å². The second-order valence-electron chi connectivity index (χ2n) is 7.45. The molecule has 1 aliphatic carbocycles. The number of rotatable bonds is 4.